The molecule has 1 amide bonds. The Bertz CT molecular complexity index is 733. The minimum absolute atomic E-state index is 0.0756. The highest BCUT2D eigenvalue weighted by Crippen LogP contribution is 2.40. The van der Waals surface area contributed by atoms with Gasteiger partial charge < -0.3 is 19.5 Å². The highest BCUT2D eigenvalue weighted by molar-refractivity contribution is 6.09. The van der Waals surface area contributed by atoms with Crippen molar-refractivity contribution in [3.05, 3.63) is 41.2 Å². The number of aliphatic hydroxyl groups excluding tert-OH is 1. The molecule has 0 spiro atoms. The molecule has 1 saturated heterocycles. The van der Waals surface area contributed by atoms with Crippen molar-refractivity contribution in [2.24, 2.45) is 5.92 Å². The van der Waals surface area contributed by atoms with E-state index in [4.69, 9.17) is 9.47 Å². The average molecular weight is 359 g/mol. The van der Waals surface area contributed by atoms with Gasteiger partial charge in [-0.05, 0) is 30.5 Å². The van der Waals surface area contributed by atoms with Crippen LogP contribution in [0.1, 0.15) is 38.3 Å². The summed E-state index contributed by atoms with van der Waals surface area (Å²) in [5, 5.41) is 10.5. The fourth-order valence-corrected chi connectivity index (χ4v) is 3.57. The highest BCUT2D eigenvalue weighted by atomic mass is 16.5. The third-order valence-corrected chi connectivity index (χ3v) is 4.93. The molecule has 6 heteroatoms. The summed E-state index contributed by atoms with van der Waals surface area (Å²) in [4.78, 5) is 27.1. The van der Waals surface area contributed by atoms with E-state index < -0.39 is 17.7 Å². The van der Waals surface area contributed by atoms with Crippen molar-refractivity contribution in [1.29, 1.82) is 0 Å². The van der Waals surface area contributed by atoms with Crippen LogP contribution >= 0.6 is 0 Å². The van der Waals surface area contributed by atoms with Crippen LogP contribution in [0, 0.1) is 5.92 Å². The maximum absolute atomic E-state index is 12.8. The molecular formula is C20H25NO5. The second-order valence-electron chi connectivity index (χ2n) is 7.05. The number of methoxy groups -OCH3 is 1. The van der Waals surface area contributed by atoms with Gasteiger partial charge in [0.25, 0.3) is 5.91 Å². The predicted octanol–water partition coefficient (Wildman–Crippen LogP) is 2.79. The number of carbonyl (C=O) groups excluding carboxylic acids is 2. The molecule has 2 atom stereocenters. The Hall–Kier alpha value is -2.34. The molecule has 2 heterocycles. The van der Waals surface area contributed by atoms with Gasteiger partial charge in [-0.25, -0.2) is 0 Å². The van der Waals surface area contributed by atoms with E-state index in [2.05, 4.69) is 0 Å². The Kier molecular flexibility index (Phi) is 5.32. The minimum atomic E-state index is -0.628. The molecular weight excluding hydrogens is 334 g/mol. The lowest BCUT2D eigenvalue weighted by Crippen LogP contribution is -2.37. The quantitative estimate of drug-likeness (QED) is 0.845. The highest BCUT2D eigenvalue weighted by Gasteiger charge is 2.45. The largest absolute Gasteiger partial charge is 0.503 e. The molecule has 2 aliphatic rings. The Balaban J connectivity index is 2.03. The molecule has 0 aromatic heterocycles. The Morgan fingerprint density at radius 1 is 1.42 bits per heavy atom. The lowest BCUT2D eigenvalue weighted by atomic mass is 9.91. The summed E-state index contributed by atoms with van der Waals surface area (Å²) in [6, 6.07) is 6.63. The number of amides is 1. The Morgan fingerprint density at radius 2 is 2.19 bits per heavy atom. The van der Waals surface area contributed by atoms with Crippen LogP contribution in [-0.4, -0.2) is 48.1 Å². The summed E-state index contributed by atoms with van der Waals surface area (Å²) >= 11 is 0. The number of benzene rings is 1. The maximum atomic E-state index is 12.8. The third-order valence-electron chi connectivity index (χ3n) is 4.93. The van der Waals surface area contributed by atoms with Crippen LogP contribution in [0.5, 0.6) is 5.75 Å². The fraction of sp³-hybridized carbons (Fsp3) is 0.500. The van der Waals surface area contributed by atoms with Crippen molar-refractivity contribution >= 4 is 11.7 Å². The molecule has 140 valence electrons. The van der Waals surface area contributed by atoms with Crippen LogP contribution in [-0.2, 0) is 14.3 Å². The van der Waals surface area contributed by atoms with Crippen molar-refractivity contribution in [2.45, 2.75) is 38.8 Å². The van der Waals surface area contributed by atoms with Crippen molar-refractivity contribution < 1.29 is 24.2 Å². The van der Waals surface area contributed by atoms with Gasteiger partial charge in [0.2, 0.25) is 0 Å². The number of aliphatic hydroxyl groups is 1. The van der Waals surface area contributed by atoms with E-state index in [1.165, 1.54) is 0 Å². The van der Waals surface area contributed by atoms with Gasteiger partial charge in [-0.2, -0.15) is 0 Å². The van der Waals surface area contributed by atoms with Crippen LogP contribution in [0.4, 0.5) is 0 Å². The molecule has 2 unspecified atom stereocenters. The maximum Gasteiger partial charge on any atom is 0.290 e. The number of hydrogen-bond donors (Lipinski definition) is 1. The number of hydrogen-bond acceptors (Lipinski definition) is 5. The van der Waals surface area contributed by atoms with Crippen molar-refractivity contribution in [2.75, 3.05) is 20.3 Å². The second-order valence-corrected chi connectivity index (χ2v) is 7.05. The molecule has 1 fully saturated rings. The van der Waals surface area contributed by atoms with Gasteiger partial charge in [-0.3, -0.25) is 9.59 Å². The van der Waals surface area contributed by atoms with Crippen molar-refractivity contribution in [3.63, 3.8) is 0 Å². The van der Waals surface area contributed by atoms with Gasteiger partial charge in [0.05, 0.1) is 24.8 Å². The standard InChI is InChI=1S/C20H25NO5/c1-12(2)18(22)16-17(13-6-4-7-14(10-13)25-3)21(20(24)19(16)23)11-15-8-5-9-26-15/h4,6-7,10,12,15,17,23H,5,8-9,11H2,1-3H3. The van der Waals surface area contributed by atoms with Gasteiger partial charge in [0, 0.05) is 19.1 Å². The van der Waals surface area contributed by atoms with Crippen LogP contribution in [0.2, 0.25) is 0 Å². The Morgan fingerprint density at radius 3 is 2.81 bits per heavy atom. The summed E-state index contributed by atoms with van der Waals surface area (Å²) in [5.74, 6) is -0.879. The number of carbonyl (C=O) groups is 2. The molecule has 0 radical (unpaired) electrons. The first-order valence-corrected chi connectivity index (χ1v) is 8.98. The molecule has 26 heavy (non-hydrogen) atoms. The zero-order chi connectivity index (χ0) is 18.8. The molecule has 0 bridgehead atoms. The van der Waals surface area contributed by atoms with E-state index in [1.807, 2.05) is 12.1 Å². The number of ether oxygens (including phenoxy) is 2. The molecule has 1 aromatic rings. The molecule has 0 aliphatic carbocycles. The molecule has 6 nitrogen and oxygen atoms in total. The first-order valence-electron chi connectivity index (χ1n) is 8.98. The van der Waals surface area contributed by atoms with Gasteiger partial charge >= 0.3 is 0 Å². The number of rotatable bonds is 6. The van der Waals surface area contributed by atoms with Crippen LogP contribution in [0.15, 0.2) is 35.6 Å². The smallest absolute Gasteiger partial charge is 0.290 e. The summed E-state index contributed by atoms with van der Waals surface area (Å²) in [6.07, 6.45) is 1.74. The molecule has 2 aliphatic heterocycles. The molecule has 1 N–H and O–H groups in total. The molecule has 3 rings (SSSR count). The monoisotopic (exact) mass is 359 g/mol. The van der Waals surface area contributed by atoms with Gasteiger partial charge in [-0.1, -0.05) is 26.0 Å². The average Bonchev–Trinajstić information content (AvgIpc) is 3.23. The van der Waals surface area contributed by atoms with E-state index in [-0.39, 0.29) is 23.4 Å². The topological polar surface area (TPSA) is 76.1 Å². The second kappa shape index (κ2) is 7.50. The first-order chi connectivity index (χ1) is 12.4. The van der Waals surface area contributed by atoms with Crippen LogP contribution < -0.4 is 4.74 Å². The van der Waals surface area contributed by atoms with Gasteiger partial charge in [0.1, 0.15) is 5.75 Å². The fourth-order valence-electron chi connectivity index (χ4n) is 3.57. The predicted molar refractivity (Wildman–Crippen MR) is 95.9 cm³/mol. The van der Waals surface area contributed by atoms with E-state index in [0.29, 0.717) is 18.9 Å². The lowest BCUT2D eigenvalue weighted by molar-refractivity contribution is -0.131. The van der Waals surface area contributed by atoms with Gasteiger partial charge in [0.15, 0.2) is 11.5 Å². The van der Waals surface area contributed by atoms with E-state index in [0.717, 1.165) is 18.4 Å². The number of Topliss-reactive ketones (excluding diaryl/α,β-unsaturated/α-hetero) is 1. The summed E-state index contributed by atoms with van der Waals surface area (Å²) < 4.78 is 11.0. The van der Waals surface area contributed by atoms with Crippen LogP contribution in [0.3, 0.4) is 0 Å². The van der Waals surface area contributed by atoms with E-state index >= 15 is 0 Å². The van der Waals surface area contributed by atoms with Gasteiger partial charge in [-0.15, -0.1) is 0 Å². The normalized spacial score (nSPS) is 23.2. The number of nitrogens with zero attached hydrogens (tertiary/aromatic N) is 1. The zero-order valence-corrected chi connectivity index (χ0v) is 15.4. The molecule has 1 aromatic carbocycles. The zero-order valence-electron chi connectivity index (χ0n) is 15.4. The molecule has 0 saturated carbocycles. The minimum Gasteiger partial charge on any atom is -0.503 e. The summed E-state index contributed by atoms with van der Waals surface area (Å²) in [5.41, 5.74) is 0.903. The van der Waals surface area contributed by atoms with Crippen molar-refractivity contribution in [3.8, 4) is 5.75 Å². The van der Waals surface area contributed by atoms with Crippen molar-refractivity contribution in [1.82, 2.24) is 4.90 Å². The summed E-state index contributed by atoms with van der Waals surface area (Å²) in [6.45, 7) is 4.55. The summed E-state index contributed by atoms with van der Waals surface area (Å²) in [7, 11) is 1.57. The first kappa shape index (κ1) is 18.5. The SMILES string of the molecule is COc1cccc(C2C(C(=O)C(C)C)=C(O)C(=O)N2CC2CCCO2)c1. The number of ketones is 1. The van der Waals surface area contributed by atoms with E-state index in [1.54, 1.807) is 38.0 Å². The van der Waals surface area contributed by atoms with E-state index in [9.17, 15) is 14.7 Å². The lowest BCUT2D eigenvalue weighted by Gasteiger charge is -2.29. The Labute approximate surface area is 153 Å². The third kappa shape index (κ3) is 3.33. The van der Waals surface area contributed by atoms with Crippen LogP contribution in [0.25, 0.3) is 0 Å².